The lowest BCUT2D eigenvalue weighted by atomic mass is 9.79. The van der Waals surface area contributed by atoms with Crippen LogP contribution in [0.4, 0.5) is 22.0 Å². The fourth-order valence-corrected chi connectivity index (χ4v) is 4.46. The number of rotatable bonds is 3. The minimum Gasteiger partial charge on any atom is -0.295 e. The molecular formula is C24H16F5N5. The van der Waals surface area contributed by atoms with E-state index in [9.17, 15) is 17.6 Å². The lowest BCUT2D eigenvalue weighted by Crippen LogP contribution is -2.10. The average molecular weight is 469 g/mol. The van der Waals surface area contributed by atoms with E-state index >= 15 is 4.39 Å². The van der Waals surface area contributed by atoms with E-state index in [4.69, 9.17) is 0 Å². The Bertz CT molecular complexity index is 1560. The fraction of sp³-hybridized carbons (Fsp3) is 0.208. The van der Waals surface area contributed by atoms with E-state index < -0.39 is 23.4 Å². The molecule has 1 N–H and O–H groups in total. The molecular weight excluding hydrogens is 453 g/mol. The van der Waals surface area contributed by atoms with E-state index in [1.54, 1.807) is 6.07 Å². The minimum atomic E-state index is -4.83. The third-order valence-electron chi connectivity index (χ3n) is 6.43. The second kappa shape index (κ2) is 7.34. The Morgan fingerprint density at radius 2 is 1.85 bits per heavy atom. The normalized spacial score (nSPS) is 14.7. The van der Waals surface area contributed by atoms with Crippen molar-refractivity contribution in [1.82, 2.24) is 24.6 Å². The summed E-state index contributed by atoms with van der Waals surface area (Å²) >= 11 is 0. The molecule has 34 heavy (non-hydrogen) atoms. The highest BCUT2D eigenvalue weighted by Gasteiger charge is 2.39. The molecule has 5 aromatic rings. The number of imidazole rings is 1. The number of H-pyrrole nitrogens is 1. The fourth-order valence-electron chi connectivity index (χ4n) is 4.46. The predicted molar refractivity (Wildman–Crippen MR) is 115 cm³/mol. The van der Waals surface area contributed by atoms with Gasteiger partial charge in [-0.05, 0) is 54.7 Å². The summed E-state index contributed by atoms with van der Waals surface area (Å²) in [6.45, 7) is 0. The Hall–Kier alpha value is -3.82. The number of alkyl halides is 3. The molecule has 0 aliphatic heterocycles. The first-order valence-electron chi connectivity index (χ1n) is 10.7. The number of fused-ring (bicyclic) bond motifs is 2. The van der Waals surface area contributed by atoms with Crippen LogP contribution in [0.25, 0.3) is 39.1 Å². The maximum Gasteiger partial charge on any atom is 0.435 e. The molecule has 0 saturated heterocycles. The lowest BCUT2D eigenvalue weighted by Gasteiger charge is -2.26. The lowest BCUT2D eigenvalue weighted by molar-refractivity contribution is -0.140. The first-order chi connectivity index (χ1) is 16.3. The van der Waals surface area contributed by atoms with E-state index in [0.29, 0.717) is 22.3 Å². The van der Waals surface area contributed by atoms with Gasteiger partial charge in [0.25, 0.3) is 0 Å². The monoisotopic (exact) mass is 469 g/mol. The zero-order valence-corrected chi connectivity index (χ0v) is 17.5. The zero-order valence-electron chi connectivity index (χ0n) is 17.5. The molecule has 0 unspecified atom stereocenters. The van der Waals surface area contributed by atoms with Gasteiger partial charge in [0.15, 0.2) is 11.3 Å². The third-order valence-corrected chi connectivity index (χ3v) is 6.43. The molecule has 3 heterocycles. The van der Waals surface area contributed by atoms with Crippen molar-refractivity contribution >= 4 is 16.6 Å². The molecule has 1 fully saturated rings. The van der Waals surface area contributed by atoms with Gasteiger partial charge in [0, 0.05) is 17.3 Å². The molecule has 0 bridgehead atoms. The summed E-state index contributed by atoms with van der Waals surface area (Å²) < 4.78 is 72.6. The number of hydrogen-bond donors (Lipinski definition) is 1. The van der Waals surface area contributed by atoms with E-state index in [2.05, 4.69) is 20.2 Å². The largest absolute Gasteiger partial charge is 0.435 e. The SMILES string of the molecule is Fc1ccc(-c2cn3c(-c4ccc5[nH]ncc5c4F)c(C(F)(F)F)nc3cn2)cc1C1CCC1. The zero-order chi connectivity index (χ0) is 23.6. The van der Waals surface area contributed by atoms with Gasteiger partial charge in [-0.25, -0.2) is 13.8 Å². The summed E-state index contributed by atoms with van der Waals surface area (Å²) in [6, 6.07) is 7.30. The van der Waals surface area contributed by atoms with Gasteiger partial charge in [-0.3, -0.25) is 14.5 Å². The van der Waals surface area contributed by atoms with Crippen molar-refractivity contribution in [2.75, 3.05) is 0 Å². The summed E-state index contributed by atoms with van der Waals surface area (Å²) in [7, 11) is 0. The number of aromatic amines is 1. The van der Waals surface area contributed by atoms with Crippen LogP contribution >= 0.6 is 0 Å². The van der Waals surface area contributed by atoms with Crippen LogP contribution in [0, 0.1) is 11.6 Å². The average Bonchev–Trinajstić information content (AvgIpc) is 3.39. The molecule has 172 valence electrons. The van der Waals surface area contributed by atoms with Crippen molar-refractivity contribution in [3.05, 3.63) is 71.8 Å². The highest BCUT2D eigenvalue weighted by atomic mass is 19.4. The van der Waals surface area contributed by atoms with Crippen LogP contribution < -0.4 is 0 Å². The molecule has 10 heteroatoms. The number of nitrogens with zero attached hydrogens (tertiary/aromatic N) is 4. The second-order valence-corrected chi connectivity index (χ2v) is 8.43. The Labute approximate surface area is 189 Å². The van der Waals surface area contributed by atoms with E-state index in [-0.39, 0.29) is 28.3 Å². The van der Waals surface area contributed by atoms with Crippen molar-refractivity contribution in [2.45, 2.75) is 31.4 Å². The van der Waals surface area contributed by atoms with Gasteiger partial charge in [0.2, 0.25) is 0 Å². The third kappa shape index (κ3) is 3.16. The van der Waals surface area contributed by atoms with Crippen LogP contribution in [0.5, 0.6) is 0 Å². The second-order valence-electron chi connectivity index (χ2n) is 8.43. The summed E-state index contributed by atoms with van der Waals surface area (Å²) in [4.78, 5) is 7.98. The molecule has 0 amide bonds. The van der Waals surface area contributed by atoms with E-state index in [1.165, 1.54) is 47.3 Å². The summed E-state index contributed by atoms with van der Waals surface area (Å²) in [6.07, 6.45) is 1.79. The predicted octanol–water partition coefficient (Wildman–Crippen LogP) is 6.50. The number of benzene rings is 2. The Morgan fingerprint density at radius 3 is 2.59 bits per heavy atom. The summed E-state index contributed by atoms with van der Waals surface area (Å²) in [5, 5.41) is 6.43. The van der Waals surface area contributed by atoms with E-state index in [0.717, 1.165) is 19.3 Å². The number of nitrogens with one attached hydrogen (secondary N) is 1. The molecule has 5 nitrogen and oxygen atoms in total. The molecule has 0 atom stereocenters. The van der Waals surface area contributed by atoms with Crippen molar-refractivity contribution < 1.29 is 22.0 Å². The Kier molecular flexibility index (Phi) is 4.48. The number of hydrogen-bond acceptors (Lipinski definition) is 3. The van der Waals surface area contributed by atoms with Crippen molar-refractivity contribution in [3.8, 4) is 22.5 Å². The van der Waals surface area contributed by atoms with E-state index in [1.807, 2.05) is 0 Å². The number of halogens is 5. The molecule has 6 rings (SSSR count). The quantitative estimate of drug-likeness (QED) is 0.307. The van der Waals surface area contributed by atoms with Crippen LogP contribution in [-0.2, 0) is 6.18 Å². The topological polar surface area (TPSA) is 58.9 Å². The minimum absolute atomic E-state index is 0.0681. The van der Waals surface area contributed by atoms with Crippen LogP contribution in [0.2, 0.25) is 0 Å². The molecule has 2 aromatic carbocycles. The Morgan fingerprint density at radius 1 is 1.03 bits per heavy atom. The standard InChI is InChI=1S/C24H16F5N5/c25-17-6-4-13(8-15(17)12-2-1-3-12)19-11-34-20(10-30-19)32-23(24(27,28)29)22(34)14-5-7-18-16(21(14)26)9-31-33-18/h4-12H,1-3H2,(H,31,33). The highest BCUT2D eigenvalue weighted by Crippen LogP contribution is 2.41. The van der Waals surface area contributed by atoms with Gasteiger partial charge in [-0.15, -0.1) is 0 Å². The van der Waals surface area contributed by atoms with Crippen LogP contribution in [0.3, 0.4) is 0 Å². The molecule has 1 aliphatic carbocycles. The van der Waals surface area contributed by atoms with Gasteiger partial charge in [-0.1, -0.05) is 6.42 Å². The number of aromatic nitrogens is 5. The smallest absolute Gasteiger partial charge is 0.295 e. The molecule has 1 saturated carbocycles. The van der Waals surface area contributed by atoms with Crippen LogP contribution in [0.15, 0.2) is 48.9 Å². The highest BCUT2D eigenvalue weighted by molar-refractivity contribution is 5.85. The molecule has 1 aliphatic rings. The maximum absolute atomic E-state index is 15.3. The molecule has 0 spiro atoms. The Balaban J connectivity index is 1.58. The van der Waals surface area contributed by atoms with Gasteiger partial charge in [-0.2, -0.15) is 18.3 Å². The van der Waals surface area contributed by atoms with Crippen LogP contribution in [0.1, 0.15) is 36.4 Å². The first kappa shape index (κ1) is 20.8. The van der Waals surface area contributed by atoms with Crippen molar-refractivity contribution in [2.24, 2.45) is 0 Å². The van der Waals surface area contributed by atoms with Gasteiger partial charge in [0.1, 0.15) is 11.6 Å². The van der Waals surface area contributed by atoms with Crippen molar-refractivity contribution in [1.29, 1.82) is 0 Å². The first-order valence-corrected chi connectivity index (χ1v) is 10.7. The summed E-state index contributed by atoms with van der Waals surface area (Å²) in [5.74, 6) is -1.03. The van der Waals surface area contributed by atoms with Gasteiger partial charge < -0.3 is 0 Å². The summed E-state index contributed by atoms with van der Waals surface area (Å²) in [5.41, 5.74) is -0.186. The van der Waals surface area contributed by atoms with Gasteiger partial charge in [0.05, 0.1) is 34.7 Å². The molecule has 0 radical (unpaired) electrons. The van der Waals surface area contributed by atoms with Crippen molar-refractivity contribution in [3.63, 3.8) is 0 Å². The maximum atomic E-state index is 15.3. The molecule has 3 aromatic heterocycles. The van der Waals surface area contributed by atoms with Gasteiger partial charge >= 0.3 is 6.18 Å². The van der Waals surface area contributed by atoms with Crippen LogP contribution in [-0.4, -0.2) is 24.6 Å².